The lowest BCUT2D eigenvalue weighted by Gasteiger charge is -2.24. The van der Waals surface area contributed by atoms with Crippen molar-refractivity contribution >= 4 is 5.91 Å². The van der Waals surface area contributed by atoms with Crippen LogP contribution in [0.5, 0.6) is 0 Å². The fraction of sp³-hybridized carbons (Fsp3) is 0.345. The summed E-state index contributed by atoms with van der Waals surface area (Å²) in [5, 5.41) is 0. The number of halogens is 2. The number of rotatable bonds is 9. The van der Waals surface area contributed by atoms with Crippen molar-refractivity contribution < 1.29 is 18.3 Å². The highest BCUT2D eigenvalue weighted by Gasteiger charge is 2.20. The largest absolute Gasteiger partial charge is 0.367 e. The second kappa shape index (κ2) is 12.6. The fourth-order valence-corrected chi connectivity index (χ4v) is 4.46. The van der Waals surface area contributed by atoms with E-state index in [2.05, 4.69) is 17.0 Å². The van der Waals surface area contributed by atoms with Gasteiger partial charge in [-0.25, -0.2) is 8.78 Å². The molecule has 1 heterocycles. The van der Waals surface area contributed by atoms with Crippen LogP contribution in [0, 0.1) is 11.6 Å². The van der Waals surface area contributed by atoms with Crippen LogP contribution in [0.3, 0.4) is 0 Å². The number of hydrogen-bond donors (Lipinski definition) is 0. The number of nitrogens with zero attached hydrogens (tertiary/aromatic N) is 2. The van der Waals surface area contributed by atoms with E-state index < -0.39 is 6.10 Å². The van der Waals surface area contributed by atoms with Gasteiger partial charge in [-0.2, -0.15) is 0 Å². The summed E-state index contributed by atoms with van der Waals surface area (Å²) < 4.78 is 33.1. The van der Waals surface area contributed by atoms with Crippen LogP contribution in [0.4, 0.5) is 8.78 Å². The summed E-state index contributed by atoms with van der Waals surface area (Å²) in [5.74, 6) is -0.405. The zero-order chi connectivity index (χ0) is 24.5. The molecule has 1 saturated heterocycles. The highest BCUT2D eigenvalue weighted by molar-refractivity contribution is 5.76. The molecule has 1 amide bonds. The van der Waals surface area contributed by atoms with Crippen LogP contribution in [-0.4, -0.2) is 55.0 Å². The second-order valence-corrected chi connectivity index (χ2v) is 8.92. The zero-order valence-corrected chi connectivity index (χ0v) is 19.9. The minimum atomic E-state index is -0.403. The van der Waals surface area contributed by atoms with E-state index in [4.69, 9.17) is 4.74 Å². The number of hydrogen-bond acceptors (Lipinski definition) is 3. The van der Waals surface area contributed by atoms with E-state index in [1.807, 2.05) is 23.1 Å². The molecule has 6 heteroatoms. The van der Waals surface area contributed by atoms with Gasteiger partial charge >= 0.3 is 0 Å². The predicted molar refractivity (Wildman–Crippen MR) is 133 cm³/mol. The summed E-state index contributed by atoms with van der Waals surface area (Å²) >= 11 is 0. The molecule has 3 aromatic carbocycles. The van der Waals surface area contributed by atoms with Crippen molar-refractivity contribution in [3.05, 3.63) is 107 Å². The molecular weight excluding hydrogens is 446 g/mol. The highest BCUT2D eigenvalue weighted by atomic mass is 19.1. The van der Waals surface area contributed by atoms with Gasteiger partial charge in [-0.1, -0.05) is 54.6 Å². The SMILES string of the molecule is O=C(CCc1ccccc1)N1CCCN(CCOC(c2ccc(F)cc2)c2ccc(F)cc2)CC1. The normalized spacial score (nSPS) is 14.8. The average molecular weight is 479 g/mol. The van der Waals surface area contributed by atoms with Gasteiger partial charge in [-0.3, -0.25) is 9.69 Å². The maximum atomic E-state index is 13.4. The van der Waals surface area contributed by atoms with Crippen LogP contribution >= 0.6 is 0 Å². The van der Waals surface area contributed by atoms with E-state index in [0.717, 1.165) is 50.1 Å². The Balaban J connectivity index is 1.28. The Morgan fingerprint density at radius 2 is 1.43 bits per heavy atom. The molecule has 0 aliphatic carbocycles. The monoisotopic (exact) mass is 478 g/mol. The molecule has 1 aliphatic heterocycles. The molecule has 0 atom stereocenters. The lowest BCUT2D eigenvalue weighted by molar-refractivity contribution is -0.131. The lowest BCUT2D eigenvalue weighted by Crippen LogP contribution is -2.36. The van der Waals surface area contributed by atoms with Crippen LogP contribution in [0.2, 0.25) is 0 Å². The van der Waals surface area contributed by atoms with E-state index in [0.29, 0.717) is 19.6 Å². The van der Waals surface area contributed by atoms with E-state index in [9.17, 15) is 13.6 Å². The van der Waals surface area contributed by atoms with Crippen molar-refractivity contribution in [3.8, 4) is 0 Å². The summed E-state index contributed by atoms with van der Waals surface area (Å²) in [4.78, 5) is 17.0. The molecule has 0 unspecified atom stereocenters. The standard InChI is InChI=1S/C29H32F2N2O2/c30-26-12-8-24(9-13-26)29(25-10-14-27(31)15-11-25)35-22-21-32-17-4-18-33(20-19-32)28(34)16-7-23-5-2-1-3-6-23/h1-3,5-6,8-15,29H,4,7,16-22H2. The van der Waals surface area contributed by atoms with Crippen LogP contribution in [-0.2, 0) is 16.0 Å². The summed E-state index contributed by atoms with van der Waals surface area (Å²) in [5.41, 5.74) is 2.83. The maximum absolute atomic E-state index is 13.4. The van der Waals surface area contributed by atoms with Crippen molar-refractivity contribution in [3.63, 3.8) is 0 Å². The van der Waals surface area contributed by atoms with Gasteiger partial charge < -0.3 is 9.64 Å². The van der Waals surface area contributed by atoms with Gasteiger partial charge in [-0.15, -0.1) is 0 Å². The Morgan fingerprint density at radius 3 is 2.06 bits per heavy atom. The number of amides is 1. The quantitative estimate of drug-likeness (QED) is 0.422. The van der Waals surface area contributed by atoms with Gasteiger partial charge in [-0.05, 0) is 60.3 Å². The van der Waals surface area contributed by atoms with Crippen molar-refractivity contribution in [2.75, 3.05) is 39.3 Å². The van der Waals surface area contributed by atoms with Gasteiger partial charge in [0.1, 0.15) is 17.7 Å². The molecule has 4 rings (SSSR count). The van der Waals surface area contributed by atoms with Crippen LogP contribution in [0.25, 0.3) is 0 Å². The number of ether oxygens (including phenoxy) is 1. The first kappa shape index (κ1) is 25.0. The smallest absolute Gasteiger partial charge is 0.222 e. The van der Waals surface area contributed by atoms with Crippen molar-refractivity contribution in [1.82, 2.24) is 9.80 Å². The molecule has 0 saturated carbocycles. The van der Waals surface area contributed by atoms with Crippen molar-refractivity contribution in [2.24, 2.45) is 0 Å². The third-order valence-corrected chi connectivity index (χ3v) is 6.45. The van der Waals surface area contributed by atoms with Crippen LogP contribution in [0.1, 0.15) is 35.6 Å². The summed E-state index contributed by atoms with van der Waals surface area (Å²) in [7, 11) is 0. The Bertz CT molecular complexity index is 1010. The highest BCUT2D eigenvalue weighted by Crippen LogP contribution is 2.26. The Labute approximate surface area is 206 Å². The van der Waals surface area contributed by atoms with Crippen LogP contribution in [0.15, 0.2) is 78.9 Å². The van der Waals surface area contributed by atoms with Gasteiger partial charge in [0.15, 0.2) is 0 Å². The minimum absolute atomic E-state index is 0.208. The number of carbonyl (C=O) groups is 1. The average Bonchev–Trinajstić information content (AvgIpc) is 3.13. The third-order valence-electron chi connectivity index (χ3n) is 6.45. The molecule has 4 nitrogen and oxygen atoms in total. The molecule has 3 aromatic rings. The maximum Gasteiger partial charge on any atom is 0.222 e. The molecule has 1 fully saturated rings. The first-order valence-corrected chi connectivity index (χ1v) is 12.2. The number of aryl methyl sites for hydroxylation is 1. The molecule has 35 heavy (non-hydrogen) atoms. The summed E-state index contributed by atoms with van der Waals surface area (Å²) in [6.45, 7) is 4.40. The molecule has 0 bridgehead atoms. The van der Waals surface area contributed by atoms with Gasteiger partial charge in [0.25, 0.3) is 0 Å². The third kappa shape index (κ3) is 7.44. The predicted octanol–water partition coefficient (Wildman–Crippen LogP) is 5.24. The van der Waals surface area contributed by atoms with Gasteiger partial charge in [0, 0.05) is 32.6 Å². The van der Waals surface area contributed by atoms with Crippen molar-refractivity contribution in [1.29, 1.82) is 0 Å². The fourth-order valence-electron chi connectivity index (χ4n) is 4.46. The number of carbonyl (C=O) groups excluding carboxylic acids is 1. The van der Waals surface area contributed by atoms with Crippen LogP contribution < -0.4 is 0 Å². The Hall–Kier alpha value is -3.09. The molecule has 0 aromatic heterocycles. The molecule has 1 aliphatic rings. The summed E-state index contributed by atoms with van der Waals surface area (Å²) in [6, 6.07) is 22.6. The first-order chi connectivity index (χ1) is 17.1. The Morgan fingerprint density at radius 1 is 0.800 bits per heavy atom. The zero-order valence-electron chi connectivity index (χ0n) is 19.9. The minimum Gasteiger partial charge on any atom is -0.367 e. The first-order valence-electron chi connectivity index (χ1n) is 12.2. The molecule has 0 spiro atoms. The molecule has 0 radical (unpaired) electrons. The Kier molecular flexibility index (Phi) is 8.98. The van der Waals surface area contributed by atoms with E-state index in [-0.39, 0.29) is 17.5 Å². The number of benzene rings is 3. The van der Waals surface area contributed by atoms with Gasteiger partial charge in [0.05, 0.1) is 6.61 Å². The van der Waals surface area contributed by atoms with Gasteiger partial charge in [0.2, 0.25) is 5.91 Å². The molecule has 184 valence electrons. The van der Waals surface area contributed by atoms with E-state index in [1.54, 1.807) is 24.3 Å². The van der Waals surface area contributed by atoms with Crippen molar-refractivity contribution in [2.45, 2.75) is 25.4 Å². The molecule has 0 N–H and O–H groups in total. The summed E-state index contributed by atoms with van der Waals surface area (Å²) in [6.07, 6.45) is 1.82. The molecular formula is C29H32F2N2O2. The topological polar surface area (TPSA) is 32.8 Å². The van der Waals surface area contributed by atoms with E-state index >= 15 is 0 Å². The lowest BCUT2D eigenvalue weighted by atomic mass is 10.0. The second-order valence-electron chi connectivity index (χ2n) is 8.92. The van der Waals surface area contributed by atoms with E-state index in [1.165, 1.54) is 29.8 Å².